The monoisotopic (exact) mass is 286 g/mol. The average molecular weight is 287 g/mol. The molecule has 0 aliphatic heterocycles. The van der Waals surface area contributed by atoms with Crippen LogP contribution in [0.5, 0.6) is 0 Å². The van der Waals surface area contributed by atoms with E-state index in [0.29, 0.717) is 11.6 Å². The van der Waals surface area contributed by atoms with E-state index < -0.39 is 11.2 Å². The number of nitrogens with zero attached hydrogens (tertiary/aromatic N) is 2. The molecule has 6 nitrogen and oxygen atoms in total. The van der Waals surface area contributed by atoms with Crippen molar-refractivity contribution in [1.29, 1.82) is 0 Å². The number of anilines is 2. The lowest BCUT2D eigenvalue weighted by Gasteiger charge is -2.15. The molecule has 3 N–H and O–H groups in total. The quantitative estimate of drug-likeness (QED) is 0.820. The van der Waals surface area contributed by atoms with E-state index in [2.05, 4.69) is 11.9 Å². The van der Waals surface area contributed by atoms with Gasteiger partial charge in [-0.25, -0.2) is 4.79 Å². The van der Waals surface area contributed by atoms with Gasteiger partial charge in [-0.05, 0) is 6.42 Å². The molecule has 106 valence electrons. The first-order chi connectivity index (χ1) is 8.90. The molecule has 0 amide bonds. The number of nitrogens with one attached hydrogen (secondary N) is 1. The fraction of sp³-hybridized carbons (Fsp3) is 0.500. The topological polar surface area (TPSA) is 82.0 Å². The van der Waals surface area contributed by atoms with Crippen molar-refractivity contribution in [1.82, 2.24) is 9.13 Å². The summed E-state index contributed by atoms with van der Waals surface area (Å²) >= 11 is 5.65. The van der Waals surface area contributed by atoms with Gasteiger partial charge < -0.3 is 11.1 Å². The number of nitrogen functional groups attached to an aromatic ring is 1. The van der Waals surface area contributed by atoms with Crippen LogP contribution in [0.15, 0.2) is 21.2 Å². The Labute approximate surface area is 116 Å². The Morgan fingerprint density at radius 2 is 2.11 bits per heavy atom. The molecule has 0 aliphatic carbocycles. The highest BCUT2D eigenvalue weighted by molar-refractivity contribution is 6.29. The van der Waals surface area contributed by atoms with Crippen molar-refractivity contribution in [2.24, 2.45) is 7.05 Å². The van der Waals surface area contributed by atoms with Gasteiger partial charge in [0, 0.05) is 18.6 Å². The van der Waals surface area contributed by atoms with Crippen molar-refractivity contribution in [3.63, 3.8) is 0 Å². The Bertz CT molecular complexity index is 589. The second kappa shape index (κ2) is 6.47. The van der Waals surface area contributed by atoms with E-state index in [4.69, 9.17) is 17.3 Å². The standard InChI is InChI=1S/C12H19ClN4O2/c1-4-5-6-17-10(14)9(15-7-8(2)13)11(18)16(3)12(17)19/h15H,2,4-7,14H2,1,3H3. The molecule has 0 bridgehead atoms. The van der Waals surface area contributed by atoms with E-state index in [1.165, 1.54) is 11.6 Å². The van der Waals surface area contributed by atoms with Crippen molar-refractivity contribution in [3.8, 4) is 0 Å². The van der Waals surface area contributed by atoms with Crippen molar-refractivity contribution in [3.05, 3.63) is 32.4 Å². The smallest absolute Gasteiger partial charge is 0.332 e. The van der Waals surface area contributed by atoms with Crippen LogP contribution in [0.25, 0.3) is 0 Å². The molecule has 1 heterocycles. The molecule has 0 fully saturated rings. The number of hydrogen-bond acceptors (Lipinski definition) is 4. The molecule has 0 aromatic carbocycles. The summed E-state index contributed by atoms with van der Waals surface area (Å²) in [7, 11) is 1.42. The van der Waals surface area contributed by atoms with E-state index >= 15 is 0 Å². The average Bonchev–Trinajstić information content (AvgIpc) is 2.36. The second-order valence-corrected chi connectivity index (χ2v) is 4.82. The molecule has 19 heavy (non-hydrogen) atoms. The van der Waals surface area contributed by atoms with Crippen LogP contribution in [-0.4, -0.2) is 15.7 Å². The normalized spacial score (nSPS) is 10.5. The molecule has 1 aromatic heterocycles. The molecule has 0 aliphatic rings. The molecule has 1 aromatic rings. The minimum absolute atomic E-state index is 0.138. The van der Waals surface area contributed by atoms with Gasteiger partial charge in [0.05, 0.1) is 6.54 Å². The maximum absolute atomic E-state index is 12.0. The highest BCUT2D eigenvalue weighted by atomic mass is 35.5. The van der Waals surface area contributed by atoms with Crippen LogP contribution in [0.3, 0.4) is 0 Å². The lowest BCUT2D eigenvalue weighted by molar-refractivity contribution is 0.575. The van der Waals surface area contributed by atoms with E-state index in [-0.39, 0.29) is 18.1 Å². The molecule has 1 rings (SSSR count). The van der Waals surface area contributed by atoms with E-state index in [1.54, 1.807) is 0 Å². The number of aromatic nitrogens is 2. The number of nitrogens with two attached hydrogens (primary N) is 1. The van der Waals surface area contributed by atoms with Crippen molar-refractivity contribution in [2.75, 3.05) is 17.6 Å². The van der Waals surface area contributed by atoms with Crippen LogP contribution in [-0.2, 0) is 13.6 Å². The third-order valence-electron chi connectivity index (χ3n) is 2.78. The maximum Gasteiger partial charge on any atom is 0.332 e. The Hall–Kier alpha value is -1.69. The van der Waals surface area contributed by atoms with Crippen LogP contribution in [0.2, 0.25) is 0 Å². The summed E-state index contributed by atoms with van der Waals surface area (Å²) in [4.78, 5) is 24.0. The maximum atomic E-state index is 12.0. The van der Waals surface area contributed by atoms with Gasteiger partial charge >= 0.3 is 5.69 Å². The first-order valence-electron chi connectivity index (χ1n) is 6.06. The summed E-state index contributed by atoms with van der Waals surface area (Å²) < 4.78 is 2.43. The molecule has 0 radical (unpaired) electrons. The van der Waals surface area contributed by atoms with Gasteiger partial charge in [-0.1, -0.05) is 31.5 Å². The minimum atomic E-state index is -0.465. The summed E-state index contributed by atoms with van der Waals surface area (Å²) in [6.45, 7) is 6.23. The van der Waals surface area contributed by atoms with Gasteiger partial charge in [0.1, 0.15) is 11.5 Å². The van der Waals surface area contributed by atoms with Gasteiger partial charge in [-0.2, -0.15) is 0 Å². The lowest BCUT2D eigenvalue weighted by atomic mass is 10.3. The van der Waals surface area contributed by atoms with Crippen molar-refractivity contribution >= 4 is 23.1 Å². The van der Waals surface area contributed by atoms with E-state index in [1.807, 2.05) is 6.92 Å². The van der Waals surface area contributed by atoms with Crippen LogP contribution < -0.4 is 22.3 Å². The summed E-state index contributed by atoms with van der Waals surface area (Å²) in [5.41, 5.74) is 5.20. The summed E-state index contributed by atoms with van der Waals surface area (Å²) in [6, 6.07) is 0. The fourth-order valence-corrected chi connectivity index (χ4v) is 1.73. The zero-order valence-electron chi connectivity index (χ0n) is 11.2. The Morgan fingerprint density at radius 1 is 1.47 bits per heavy atom. The van der Waals surface area contributed by atoms with Crippen LogP contribution in [0.1, 0.15) is 19.8 Å². The molecule has 0 saturated heterocycles. The lowest BCUT2D eigenvalue weighted by Crippen LogP contribution is -2.40. The van der Waals surface area contributed by atoms with E-state index in [9.17, 15) is 9.59 Å². The van der Waals surface area contributed by atoms with E-state index in [0.717, 1.165) is 17.4 Å². The van der Waals surface area contributed by atoms with Crippen LogP contribution in [0, 0.1) is 0 Å². The molecule has 0 atom stereocenters. The molecule has 7 heteroatoms. The Balaban J connectivity index is 3.30. The van der Waals surface area contributed by atoms with Crippen molar-refractivity contribution < 1.29 is 0 Å². The minimum Gasteiger partial charge on any atom is -0.383 e. The highest BCUT2D eigenvalue weighted by Gasteiger charge is 2.14. The number of unbranched alkanes of at least 4 members (excludes halogenated alkanes) is 1. The third kappa shape index (κ3) is 3.41. The fourth-order valence-electron chi connectivity index (χ4n) is 1.67. The number of hydrogen-bond donors (Lipinski definition) is 2. The first-order valence-corrected chi connectivity index (χ1v) is 6.44. The number of rotatable bonds is 6. The SMILES string of the molecule is C=C(Cl)CNc1c(N)n(CCCC)c(=O)n(C)c1=O. The Morgan fingerprint density at radius 3 is 2.63 bits per heavy atom. The third-order valence-corrected chi connectivity index (χ3v) is 2.91. The van der Waals surface area contributed by atoms with Crippen LogP contribution in [0.4, 0.5) is 11.5 Å². The molecule has 0 unspecified atom stereocenters. The molecular weight excluding hydrogens is 268 g/mol. The van der Waals surface area contributed by atoms with Gasteiger partial charge in [-0.3, -0.25) is 13.9 Å². The molecule has 0 spiro atoms. The highest BCUT2D eigenvalue weighted by Crippen LogP contribution is 2.12. The van der Waals surface area contributed by atoms with Gasteiger partial charge in [0.25, 0.3) is 5.56 Å². The van der Waals surface area contributed by atoms with Crippen LogP contribution >= 0.6 is 11.6 Å². The number of halogens is 1. The van der Waals surface area contributed by atoms with Gasteiger partial charge in [0.2, 0.25) is 0 Å². The molecule has 0 saturated carbocycles. The summed E-state index contributed by atoms with van der Waals surface area (Å²) in [5, 5.41) is 3.17. The second-order valence-electron chi connectivity index (χ2n) is 4.28. The zero-order valence-corrected chi connectivity index (χ0v) is 12.0. The first kappa shape index (κ1) is 15.4. The predicted molar refractivity (Wildman–Crippen MR) is 78.7 cm³/mol. The van der Waals surface area contributed by atoms with Gasteiger partial charge in [-0.15, -0.1) is 0 Å². The Kier molecular flexibility index (Phi) is 5.23. The summed E-state index contributed by atoms with van der Waals surface area (Å²) in [6.07, 6.45) is 1.74. The largest absolute Gasteiger partial charge is 0.383 e. The zero-order chi connectivity index (χ0) is 14.6. The van der Waals surface area contributed by atoms with Crippen molar-refractivity contribution in [2.45, 2.75) is 26.3 Å². The van der Waals surface area contributed by atoms with Gasteiger partial charge in [0.15, 0.2) is 0 Å². The molecular formula is C12H19ClN4O2. The predicted octanol–water partition coefficient (Wildman–Crippen LogP) is 1.09. The summed E-state index contributed by atoms with van der Waals surface area (Å²) in [5.74, 6) is 0.138.